The van der Waals surface area contributed by atoms with E-state index in [9.17, 15) is 0 Å². The van der Waals surface area contributed by atoms with E-state index in [1.807, 2.05) is 23.0 Å². The van der Waals surface area contributed by atoms with Crippen molar-refractivity contribution in [2.75, 3.05) is 13.2 Å². The predicted octanol–water partition coefficient (Wildman–Crippen LogP) is 2.38. The second-order valence-corrected chi connectivity index (χ2v) is 5.15. The Hall–Kier alpha value is -1.39. The number of rotatable bonds is 5. The minimum atomic E-state index is 0.463. The number of ether oxygens (including phenoxy) is 1. The van der Waals surface area contributed by atoms with Crippen molar-refractivity contribution in [3.63, 3.8) is 0 Å². The van der Waals surface area contributed by atoms with Gasteiger partial charge in [-0.2, -0.15) is 5.10 Å². The van der Waals surface area contributed by atoms with Crippen molar-refractivity contribution in [1.82, 2.24) is 14.9 Å². The van der Waals surface area contributed by atoms with Gasteiger partial charge in [0, 0.05) is 24.9 Å². The highest BCUT2D eigenvalue weighted by atomic mass is 16.5. The van der Waals surface area contributed by atoms with Crippen LogP contribution in [0.3, 0.4) is 0 Å². The van der Waals surface area contributed by atoms with Crippen molar-refractivity contribution in [1.29, 1.82) is 0 Å². The zero-order valence-corrected chi connectivity index (χ0v) is 11.2. The van der Waals surface area contributed by atoms with Crippen molar-refractivity contribution in [3.8, 4) is 0 Å². The van der Waals surface area contributed by atoms with Crippen LogP contribution in [-0.2, 0) is 11.3 Å². The largest absolute Gasteiger partial charge is 0.378 e. The van der Waals surface area contributed by atoms with Crippen molar-refractivity contribution in [2.45, 2.75) is 38.3 Å². The molecule has 3 rings (SSSR count). The van der Waals surface area contributed by atoms with E-state index in [1.165, 1.54) is 30.3 Å². The third kappa shape index (κ3) is 3.14. The minimum Gasteiger partial charge on any atom is -0.378 e. The molecule has 0 bridgehead atoms. The lowest BCUT2D eigenvalue weighted by Gasteiger charge is -2.22. The van der Waals surface area contributed by atoms with Gasteiger partial charge in [0.25, 0.3) is 0 Å². The summed E-state index contributed by atoms with van der Waals surface area (Å²) in [7, 11) is 0. The average molecular weight is 259 g/mol. The van der Waals surface area contributed by atoms with E-state index in [4.69, 9.17) is 4.74 Å². The quantitative estimate of drug-likeness (QED) is 0.838. The van der Waals surface area contributed by atoms with Crippen LogP contribution in [0.5, 0.6) is 0 Å². The number of hydrogen-bond donors (Lipinski definition) is 1. The van der Waals surface area contributed by atoms with E-state index in [-0.39, 0.29) is 0 Å². The molecule has 0 aliphatic carbocycles. The molecule has 0 aromatic carbocycles. The second-order valence-electron chi connectivity index (χ2n) is 5.15. The van der Waals surface area contributed by atoms with E-state index in [2.05, 4.69) is 22.5 Å². The summed E-state index contributed by atoms with van der Waals surface area (Å²) < 4.78 is 7.65. The summed E-state index contributed by atoms with van der Waals surface area (Å²) in [5.74, 6) is 0. The first-order valence-corrected chi connectivity index (χ1v) is 7.17. The van der Waals surface area contributed by atoms with Crippen LogP contribution in [0.4, 0.5) is 0 Å². The Morgan fingerprint density at radius 1 is 1.37 bits per heavy atom. The standard InChI is InChI=1S/C15H21N3O/c1-3-9-18-15(6-1)13(12-17-18)11-16-8-7-14-5-2-4-10-19-14/h1,3,6,9,12,14,16H,2,4-5,7-8,10-11H2. The van der Waals surface area contributed by atoms with E-state index in [0.717, 1.165) is 26.1 Å². The smallest absolute Gasteiger partial charge is 0.0706 e. The first-order chi connectivity index (χ1) is 9.43. The number of nitrogens with one attached hydrogen (secondary N) is 1. The van der Waals surface area contributed by atoms with Gasteiger partial charge in [-0.25, -0.2) is 4.52 Å². The summed E-state index contributed by atoms with van der Waals surface area (Å²) in [6.45, 7) is 2.83. The third-order valence-corrected chi connectivity index (χ3v) is 3.74. The highest BCUT2D eigenvalue weighted by molar-refractivity contribution is 5.53. The molecule has 102 valence electrons. The molecule has 0 spiro atoms. The summed E-state index contributed by atoms with van der Waals surface area (Å²) in [6, 6.07) is 6.16. The molecule has 3 heterocycles. The van der Waals surface area contributed by atoms with Crippen LogP contribution in [0.15, 0.2) is 30.6 Å². The first kappa shape index (κ1) is 12.6. The van der Waals surface area contributed by atoms with Crippen molar-refractivity contribution < 1.29 is 4.74 Å². The van der Waals surface area contributed by atoms with E-state index in [1.54, 1.807) is 0 Å². The lowest BCUT2D eigenvalue weighted by atomic mass is 10.1. The molecule has 0 saturated carbocycles. The average Bonchev–Trinajstić information content (AvgIpc) is 2.88. The van der Waals surface area contributed by atoms with E-state index >= 15 is 0 Å². The topological polar surface area (TPSA) is 38.6 Å². The molecule has 0 radical (unpaired) electrons. The molecule has 4 heteroatoms. The van der Waals surface area contributed by atoms with Crippen LogP contribution < -0.4 is 5.32 Å². The van der Waals surface area contributed by atoms with Crippen LogP contribution >= 0.6 is 0 Å². The monoisotopic (exact) mass is 259 g/mol. The summed E-state index contributed by atoms with van der Waals surface area (Å²) in [6.07, 6.45) is 9.27. The van der Waals surface area contributed by atoms with Gasteiger partial charge in [0.15, 0.2) is 0 Å². The number of hydrogen-bond acceptors (Lipinski definition) is 3. The molecule has 1 aliphatic heterocycles. The maximum Gasteiger partial charge on any atom is 0.0706 e. The van der Waals surface area contributed by atoms with Gasteiger partial charge < -0.3 is 10.1 Å². The van der Waals surface area contributed by atoms with Gasteiger partial charge in [0.05, 0.1) is 17.8 Å². The Morgan fingerprint density at radius 2 is 2.37 bits per heavy atom. The normalized spacial score (nSPS) is 19.9. The van der Waals surface area contributed by atoms with Crippen molar-refractivity contribution in [2.24, 2.45) is 0 Å². The van der Waals surface area contributed by atoms with Gasteiger partial charge in [0.1, 0.15) is 0 Å². The van der Waals surface area contributed by atoms with Gasteiger partial charge in [-0.3, -0.25) is 0 Å². The highest BCUT2D eigenvalue weighted by Crippen LogP contribution is 2.15. The molecule has 1 atom stereocenters. The van der Waals surface area contributed by atoms with Gasteiger partial charge >= 0.3 is 0 Å². The lowest BCUT2D eigenvalue weighted by Crippen LogP contribution is -2.25. The fraction of sp³-hybridized carbons (Fsp3) is 0.533. The van der Waals surface area contributed by atoms with Crippen LogP contribution in [0.25, 0.3) is 5.52 Å². The number of fused-ring (bicyclic) bond motifs is 1. The van der Waals surface area contributed by atoms with Crippen LogP contribution in [0.1, 0.15) is 31.2 Å². The molecule has 0 amide bonds. The Kier molecular flexibility index (Phi) is 4.10. The van der Waals surface area contributed by atoms with Crippen LogP contribution in [-0.4, -0.2) is 28.9 Å². The molecular formula is C15H21N3O. The summed E-state index contributed by atoms with van der Waals surface area (Å²) in [5.41, 5.74) is 2.44. The second kappa shape index (κ2) is 6.17. The van der Waals surface area contributed by atoms with E-state index < -0.39 is 0 Å². The maximum atomic E-state index is 5.73. The Labute approximate surface area is 113 Å². The molecular weight excluding hydrogens is 238 g/mol. The third-order valence-electron chi connectivity index (χ3n) is 3.74. The SMILES string of the molecule is c1ccn2ncc(CNCCC3CCCCO3)c2c1. The number of nitrogens with zero attached hydrogens (tertiary/aromatic N) is 2. The Morgan fingerprint density at radius 3 is 3.26 bits per heavy atom. The molecule has 2 aromatic rings. The molecule has 1 unspecified atom stereocenters. The zero-order valence-electron chi connectivity index (χ0n) is 11.2. The number of pyridine rings is 1. The molecule has 1 saturated heterocycles. The van der Waals surface area contributed by atoms with Crippen LogP contribution in [0, 0.1) is 0 Å². The Balaban J connectivity index is 1.47. The lowest BCUT2D eigenvalue weighted by molar-refractivity contribution is 0.0115. The van der Waals surface area contributed by atoms with Crippen molar-refractivity contribution >= 4 is 5.52 Å². The Bertz CT molecular complexity index is 517. The van der Waals surface area contributed by atoms with Crippen LogP contribution in [0.2, 0.25) is 0 Å². The molecule has 19 heavy (non-hydrogen) atoms. The van der Waals surface area contributed by atoms with E-state index in [0.29, 0.717) is 6.10 Å². The minimum absolute atomic E-state index is 0.463. The van der Waals surface area contributed by atoms with Crippen molar-refractivity contribution in [3.05, 3.63) is 36.2 Å². The maximum absolute atomic E-state index is 5.73. The molecule has 1 N–H and O–H groups in total. The first-order valence-electron chi connectivity index (χ1n) is 7.17. The molecule has 2 aromatic heterocycles. The fourth-order valence-electron chi connectivity index (χ4n) is 2.64. The van der Waals surface area contributed by atoms with Gasteiger partial charge in [-0.05, 0) is 44.4 Å². The summed E-state index contributed by atoms with van der Waals surface area (Å²) >= 11 is 0. The number of aromatic nitrogens is 2. The highest BCUT2D eigenvalue weighted by Gasteiger charge is 2.12. The summed E-state index contributed by atoms with van der Waals surface area (Å²) in [4.78, 5) is 0. The molecule has 1 fully saturated rings. The van der Waals surface area contributed by atoms with Gasteiger partial charge in [0.2, 0.25) is 0 Å². The fourth-order valence-corrected chi connectivity index (χ4v) is 2.64. The molecule has 4 nitrogen and oxygen atoms in total. The van der Waals surface area contributed by atoms with Gasteiger partial charge in [-0.15, -0.1) is 0 Å². The van der Waals surface area contributed by atoms with Gasteiger partial charge in [-0.1, -0.05) is 6.07 Å². The summed E-state index contributed by atoms with van der Waals surface area (Å²) in [5, 5.41) is 7.83. The molecule has 1 aliphatic rings. The zero-order chi connectivity index (χ0) is 12.9. The predicted molar refractivity (Wildman–Crippen MR) is 75.1 cm³/mol.